The van der Waals surface area contributed by atoms with E-state index in [4.69, 9.17) is 27.9 Å². The molecule has 1 fully saturated rings. The largest absolute Gasteiger partial charge is 0.457 e. The number of para-hydroxylation sites is 1. The average Bonchev–Trinajstić information content (AvgIpc) is 3.59. The molecule has 0 spiro atoms. The standard InChI is InChI=1S/C37H39Cl2N3O5S/c1-3-35(37(44)40-28-9-7-8-10-28)41(24-27-15-22-33(38)34(39)23-27)36(43)25-42(48(45,46)32-20-13-26(2)14-21-32)29-16-18-31(19-17-29)47-30-11-5-4-6-12-30/h4-6,11-23,28,35H,3,7-10,24-25H2,1-2H3,(H,40,44). The molecule has 0 aliphatic heterocycles. The van der Waals surface area contributed by atoms with Crippen molar-refractivity contribution in [2.24, 2.45) is 0 Å². The van der Waals surface area contributed by atoms with Crippen LogP contribution in [-0.4, -0.2) is 43.8 Å². The number of benzene rings is 4. The molecule has 0 bridgehead atoms. The van der Waals surface area contributed by atoms with E-state index in [1.807, 2.05) is 44.2 Å². The van der Waals surface area contributed by atoms with Crippen molar-refractivity contribution in [1.82, 2.24) is 10.2 Å². The van der Waals surface area contributed by atoms with Gasteiger partial charge in [0, 0.05) is 12.6 Å². The molecule has 0 aromatic heterocycles. The minimum Gasteiger partial charge on any atom is -0.457 e. The fourth-order valence-electron chi connectivity index (χ4n) is 5.79. The number of anilines is 1. The number of amides is 2. The molecule has 5 rings (SSSR count). The summed E-state index contributed by atoms with van der Waals surface area (Å²) in [5.41, 5.74) is 1.81. The van der Waals surface area contributed by atoms with E-state index in [0.717, 1.165) is 35.6 Å². The number of carbonyl (C=O) groups is 2. The maximum Gasteiger partial charge on any atom is 0.264 e. The molecule has 11 heteroatoms. The molecular formula is C37H39Cl2N3O5S. The van der Waals surface area contributed by atoms with E-state index in [0.29, 0.717) is 33.5 Å². The van der Waals surface area contributed by atoms with E-state index in [-0.39, 0.29) is 29.1 Å². The van der Waals surface area contributed by atoms with E-state index < -0.39 is 28.5 Å². The summed E-state index contributed by atoms with van der Waals surface area (Å²) in [5, 5.41) is 3.79. The summed E-state index contributed by atoms with van der Waals surface area (Å²) in [6.07, 6.45) is 4.16. The van der Waals surface area contributed by atoms with Gasteiger partial charge in [0.2, 0.25) is 11.8 Å². The number of ether oxygens (including phenoxy) is 1. The van der Waals surface area contributed by atoms with Gasteiger partial charge < -0.3 is 15.0 Å². The Morgan fingerprint density at radius 2 is 1.52 bits per heavy atom. The Labute approximate surface area is 292 Å². The lowest BCUT2D eigenvalue weighted by Crippen LogP contribution is -2.53. The highest BCUT2D eigenvalue weighted by Crippen LogP contribution is 2.30. The number of halogens is 2. The molecule has 48 heavy (non-hydrogen) atoms. The first kappa shape index (κ1) is 35.3. The summed E-state index contributed by atoms with van der Waals surface area (Å²) in [4.78, 5) is 29.6. The summed E-state index contributed by atoms with van der Waals surface area (Å²) in [6.45, 7) is 3.17. The third-order valence-corrected chi connectivity index (χ3v) is 10.9. The van der Waals surface area contributed by atoms with Crippen LogP contribution in [0.4, 0.5) is 5.69 Å². The second-order valence-corrected chi connectivity index (χ2v) is 14.6. The van der Waals surface area contributed by atoms with Crippen molar-refractivity contribution in [3.63, 3.8) is 0 Å². The number of sulfonamides is 1. The Hall–Kier alpha value is -4.05. The quantitative estimate of drug-likeness (QED) is 0.151. The van der Waals surface area contributed by atoms with E-state index in [1.54, 1.807) is 54.6 Å². The Morgan fingerprint density at radius 1 is 0.875 bits per heavy atom. The van der Waals surface area contributed by atoms with Crippen LogP contribution in [0.5, 0.6) is 11.5 Å². The lowest BCUT2D eigenvalue weighted by atomic mass is 10.1. The smallest absolute Gasteiger partial charge is 0.264 e. The normalized spacial score (nSPS) is 13.9. The molecule has 1 unspecified atom stereocenters. The van der Waals surface area contributed by atoms with Crippen molar-refractivity contribution in [3.8, 4) is 11.5 Å². The molecule has 4 aromatic rings. The van der Waals surface area contributed by atoms with Crippen molar-refractivity contribution < 1.29 is 22.7 Å². The van der Waals surface area contributed by atoms with Crippen molar-refractivity contribution >= 4 is 50.7 Å². The molecule has 1 aliphatic carbocycles. The number of hydrogen-bond acceptors (Lipinski definition) is 5. The molecule has 8 nitrogen and oxygen atoms in total. The van der Waals surface area contributed by atoms with Crippen LogP contribution < -0.4 is 14.4 Å². The molecule has 1 saturated carbocycles. The molecule has 1 N–H and O–H groups in total. The van der Waals surface area contributed by atoms with E-state index in [2.05, 4.69) is 5.32 Å². The van der Waals surface area contributed by atoms with Crippen LogP contribution in [0.3, 0.4) is 0 Å². The summed E-state index contributed by atoms with van der Waals surface area (Å²) >= 11 is 12.5. The Bertz CT molecular complexity index is 1810. The van der Waals surface area contributed by atoms with Gasteiger partial charge in [-0.1, -0.05) is 84.9 Å². The fourth-order valence-corrected chi connectivity index (χ4v) is 7.53. The minimum absolute atomic E-state index is 0.0224. The van der Waals surface area contributed by atoms with Crippen LogP contribution in [0, 0.1) is 6.92 Å². The van der Waals surface area contributed by atoms with Crippen molar-refractivity contribution in [3.05, 3.63) is 118 Å². The molecule has 0 heterocycles. The van der Waals surface area contributed by atoms with E-state index in [1.165, 1.54) is 17.0 Å². The van der Waals surface area contributed by atoms with E-state index >= 15 is 0 Å². The van der Waals surface area contributed by atoms with Crippen LogP contribution in [-0.2, 0) is 26.2 Å². The Balaban J connectivity index is 1.50. The van der Waals surface area contributed by atoms with Gasteiger partial charge in [-0.3, -0.25) is 13.9 Å². The minimum atomic E-state index is -4.22. The summed E-state index contributed by atoms with van der Waals surface area (Å²) < 4.78 is 35.5. The zero-order valence-corrected chi connectivity index (χ0v) is 29.3. The first-order valence-corrected chi connectivity index (χ1v) is 18.2. The highest BCUT2D eigenvalue weighted by molar-refractivity contribution is 7.92. The maximum absolute atomic E-state index is 14.4. The zero-order valence-electron chi connectivity index (χ0n) is 26.9. The second kappa shape index (κ2) is 15.9. The number of hydrogen-bond donors (Lipinski definition) is 1. The number of nitrogens with zero attached hydrogens (tertiary/aromatic N) is 2. The number of carbonyl (C=O) groups excluding carboxylic acids is 2. The fraction of sp³-hybridized carbons (Fsp3) is 0.297. The highest BCUT2D eigenvalue weighted by Gasteiger charge is 2.34. The van der Waals surface area contributed by atoms with Crippen LogP contribution in [0.25, 0.3) is 0 Å². The summed E-state index contributed by atoms with van der Waals surface area (Å²) in [7, 11) is -4.22. The van der Waals surface area contributed by atoms with Gasteiger partial charge in [0.1, 0.15) is 24.1 Å². The van der Waals surface area contributed by atoms with Crippen molar-refractivity contribution in [2.75, 3.05) is 10.8 Å². The third kappa shape index (κ3) is 8.69. The van der Waals surface area contributed by atoms with Gasteiger partial charge in [0.05, 0.1) is 20.6 Å². The van der Waals surface area contributed by atoms with E-state index in [9.17, 15) is 18.0 Å². The highest BCUT2D eigenvalue weighted by atomic mass is 35.5. The maximum atomic E-state index is 14.4. The van der Waals surface area contributed by atoms with Crippen LogP contribution in [0.15, 0.2) is 102 Å². The second-order valence-electron chi connectivity index (χ2n) is 11.9. The van der Waals surface area contributed by atoms with Crippen molar-refractivity contribution in [1.29, 1.82) is 0 Å². The van der Waals surface area contributed by atoms with Gasteiger partial charge in [0.15, 0.2) is 0 Å². The molecule has 4 aromatic carbocycles. The molecular weight excluding hydrogens is 669 g/mol. The Kier molecular flexibility index (Phi) is 11.7. The number of rotatable bonds is 13. The third-order valence-electron chi connectivity index (χ3n) is 8.42. The topological polar surface area (TPSA) is 96.0 Å². The monoisotopic (exact) mass is 707 g/mol. The van der Waals surface area contributed by atoms with Gasteiger partial charge in [0.25, 0.3) is 10.0 Å². The molecule has 0 radical (unpaired) electrons. The van der Waals surface area contributed by atoms with Crippen LogP contribution in [0.2, 0.25) is 10.0 Å². The van der Waals surface area contributed by atoms with Gasteiger partial charge in [-0.2, -0.15) is 0 Å². The molecule has 252 valence electrons. The van der Waals surface area contributed by atoms with Gasteiger partial charge in [-0.15, -0.1) is 0 Å². The van der Waals surface area contributed by atoms with Crippen LogP contribution >= 0.6 is 23.2 Å². The summed E-state index contributed by atoms with van der Waals surface area (Å²) in [5.74, 6) is 0.312. The number of nitrogens with one attached hydrogen (secondary N) is 1. The Morgan fingerprint density at radius 3 is 2.15 bits per heavy atom. The summed E-state index contributed by atoms with van der Waals surface area (Å²) in [6, 6.07) is 26.4. The predicted octanol–water partition coefficient (Wildman–Crippen LogP) is 8.16. The zero-order chi connectivity index (χ0) is 34.3. The average molecular weight is 709 g/mol. The number of aryl methyl sites for hydroxylation is 1. The van der Waals surface area contributed by atoms with Gasteiger partial charge in [-0.05, 0) is 92.4 Å². The van der Waals surface area contributed by atoms with Gasteiger partial charge >= 0.3 is 0 Å². The molecule has 1 aliphatic rings. The first-order valence-electron chi connectivity index (χ1n) is 16.0. The first-order chi connectivity index (χ1) is 23.0. The molecule has 0 saturated heterocycles. The van der Waals surface area contributed by atoms with Crippen LogP contribution in [0.1, 0.15) is 50.2 Å². The molecule has 1 atom stereocenters. The SMILES string of the molecule is CCC(C(=O)NC1CCCC1)N(Cc1ccc(Cl)c(Cl)c1)C(=O)CN(c1ccc(Oc2ccccc2)cc1)S(=O)(=O)c1ccc(C)cc1. The predicted molar refractivity (Wildman–Crippen MR) is 190 cm³/mol. The van der Waals surface area contributed by atoms with Crippen molar-refractivity contribution in [2.45, 2.75) is 69.5 Å². The molecule has 2 amide bonds. The lowest BCUT2D eigenvalue weighted by molar-refractivity contribution is -0.140. The van der Waals surface area contributed by atoms with Gasteiger partial charge in [-0.25, -0.2) is 8.42 Å². The lowest BCUT2D eigenvalue weighted by Gasteiger charge is -2.34.